The predicted octanol–water partition coefficient (Wildman–Crippen LogP) is 3.13. The summed E-state index contributed by atoms with van der Waals surface area (Å²) in [6, 6.07) is 4.94. The molecule has 15 heavy (non-hydrogen) atoms. The summed E-state index contributed by atoms with van der Waals surface area (Å²) in [5.41, 5.74) is 1.10. The Morgan fingerprint density at radius 2 is 2.07 bits per heavy atom. The van der Waals surface area contributed by atoms with Crippen LogP contribution in [0.3, 0.4) is 0 Å². The van der Waals surface area contributed by atoms with Gasteiger partial charge in [-0.25, -0.2) is 4.39 Å². The smallest absolute Gasteiger partial charge is 0.123 e. The average molecular weight is 272 g/mol. The van der Waals surface area contributed by atoms with E-state index in [-0.39, 0.29) is 5.82 Å². The lowest BCUT2D eigenvalue weighted by Crippen LogP contribution is -2.28. The molecule has 1 N–H and O–H groups in total. The maximum Gasteiger partial charge on any atom is 0.123 e. The number of hydrogen-bond acceptors (Lipinski definition) is 1. The summed E-state index contributed by atoms with van der Waals surface area (Å²) in [5, 5.41) is 3.34. The second-order valence-electron chi connectivity index (χ2n) is 4.13. The van der Waals surface area contributed by atoms with Crippen LogP contribution < -0.4 is 5.32 Å². The van der Waals surface area contributed by atoms with Crippen molar-refractivity contribution in [2.24, 2.45) is 5.92 Å². The van der Waals surface area contributed by atoms with E-state index in [1.54, 1.807) is 12.1 Å². The van der Waals surface area contributed by atoms with Gasteiger partial charge >= 0.3 is 0 Å². The third-order valence-corrected chi connectivity index (χ3v) is 3.75. The zero-order chi connectivity index (χ0) is 10.7. The van der Waals surface area contributed by atoms with E-state index in [4.69, 9.17) is 0 Å². The van der Waals surface area contributed by atoms with Gasteiger partial charge in [-0.1, -0.05) is 15.9 Å². The number of rotatable bonds is 2. The summed E-state index contributed by atoms with van der Waals surface area (Å²) in [7, 11) is 0. The molecule has 1 nitrogen and oxygen atoms in total. The van der Waals surface area contributed by atoms with Crippen LogP contribution >= 0.6 is 15.9 Å². The molecule has 2 rings (SSSR count). The molecule has 0 saturated carbocycles. The van der Waals surface area contributed by atoms with Crippen LogP contribution in [0.15, 0.2) is 22.7 Å². The van der Waals surface area contributed by atoms with Gasteiger partial charge in [-0.05, 0) is 62.0 Å². The lowest BCUT2D eigenvalue weighted by atomic mass is 9.91. The summed E-state index contributed by atoms with van der Waals surface area (Å²) in [5.74, 6) is 0.562. The van der Waals surface area contributed by atoms with E-state index in [2.05, 4.69) is 21.2 Å². The van der Waals surface area contributed by atoms with E-state index in [0.717, 1.165) is 29.5 Å². The quantitative estimate of drug-likeness (QED) is 0.872. The molecule has 0 bridgehead atoms. The first-order chi connectivity index (χ1) is 7.25. The van der Waals surface area contributed by atoms with Crippen molar-refractivity contribution in [1.29, 1.82) is 0 Å². The Balaban J connectivity index is 2.05. The fraction of sp³-hybridized carbons (Fsp3) is 0.500. The maximum absolute atomic E-state index is 13.1. The molecule has 0 spiro atoms. The first-order valence-corrected chi connectivity index (χ1v) is 6.19. The summed E-state index contributed by atoms with van der Waals surface area (Å²) in [6.07, 6.45) is 3.38. The van der Waals surface area contributed by atoms with Gasteiger partial charge in [0.05, 0.1) is 0 Å². The van der Waals surface area contributed by atoms with Crippen LogP contribution in [0.25, 0.3) is 0 Å². The van der Waals surface area contributed by atoms with Gasteiger partial charge in [0.1, 0.15) is 5.82 Å². The minimum Gasteiger partial charge on any atom is -0.317 e. The lowest BCUT2D eigenvalue weighted by Gasteiger charge is -2.22. The molecular formula is C12H15BrFN. The highest BCUT2D eigenvalue weighted by Crippen LogP contribution is 2.24. The number of benzene rings is 1. The fourth-order valence-electron chi connectivity index (χ4n) is 2.10. The van der Waals surface area contributed by atoms with Crippen molar-refractivity contribution < 1.29 is 4.39 Å². The highest BCUT2D eigenvalue weighted by atomic mass is 79.9. The van der Waals surface area contributed by atoms with Crippen molar-refractivity contribution in [3.05, 3.63) is 34.1 Å². The van der Waals surface area contributed by atoms with Crippen LogP contribution in [-0.2, 0) is 6.42 Å². The molecule has 1 fully saturated rings. The summed E-state index contributed by atoms with van der Waals surface area (Å²) < 4.78 is 14.1. The Kier molecular flexibility index (Phi) is 3.76. The van der Waals surface area contributed by atoms with Crippen LogP contribution in [0.1, 0.15) is 18.4 Å². The van der Waals surface area contributed by atoms with E-state index in [1.807, 2.05) is 0 Å². The van der Waals surface area contributed by atoms with Gasteiger partial charge in [-0.2, -0.15) is 0 Å². The van der Waals surface area contributed by atoms with Gasteiger partial charge in [0.2, 0.25) is 0 Å². The normalized spacial score (nSPS) is 18.0. The molecule has 1 aromatic rings. The first kappa shape index (κ1) is 11.1. The minimum absolute atomic E-state index is 0.137. The monoisotopic (exact) mass is 271 g/mol. The highest BCUT2D eigenvalue weighted by molar-refractivity contribution is 9.10. The number of piperidine rings is 1. The number of nitrogens with one attached hydrogen (secondary N) is 1. The Bertz CT molecular complexity index is 334. The van der Waals surface area contributed by atoms with Gasteiger partial charge < -0.3 is 5.32 Å². The topological polar surface area (TPSA) is 12.0 Å². The van der Waals surface area contributed by atoms with Crippen molar-refractivity contribution in [2.75, 3.05) is 13.1 Å². The van der Waals surface area contributed by atoms with Crippen molar-refractivity contribution >= 4 is 15.9 Å². The molecule has 0 atom stereocenters. The van der Waals surface area contributed by atoms with Crippen LogP contribution in [0.4, 0.5) is 4.39 Å². The largest absolute Gasteiger partial charge is 0.317 e. The van der Waals surface area contributed by atoms with E-state index in [0.29, 0.717) is 5.92 Å². The van der Waals surface area contributed by atoms with Gasteiger partial charge in [-0.15, -0.1) is 0 Å². The van der Waals surface area contributed by atoms with Gasteiger partial charge in [0.25, 0.3) is 0 Å². The molecular weight excluding hydrogens is 257 g/mol. The zero-order valence-electron chi connectivity index (χ0n) is 8.60. The maximum atomic E-state index is 13.1. The van der Waals surface area contributed by atoms with E-state index < -0.39 is 0 Å². The molecule has 1 saturated heterocycles. The number of hydrogen-bond donors (Lipinski definition) is 1. The molecule has 0 aromatic heterocycles. The minimum atomic E-state index is -0.137. The molecule has 0 unspecified atom stereocenters. The van der Waals surface area contributed by atoms with Gasteiger partial charge in [0.15, 0.2) is 0 Å². The SMILES string of the molecule is Fc1ccc(Br)c(CC2CCNCC2)c1. The van der Waals surface area contributed by atoms with E-state index in [1.165, 1.54) is 18.9 Å². The predicted molar refractivity (Wildman–Crippen MR) is 63.4 cm³/mol. The molecule has 1 heterocycles. The second-order valence-corrected chi connectivity index (χ2v) is 4.99. The third-order valence-electron chi connectivity index (χ3n) is 2.98. The van der Waals surface area contributed by atoms with Crippen LogP contribution in [0.5, 0.6) is 0 Å². The van der Waals surface area contributed by atoms with Crippen molar-refractivity contribution in [1.82, 2.24) is 5.32 Å². The molecule has 0 amide bonds. The Labute approximate surface area is 98.2 Å². The van der Waals surface area contributed by atoms with Crippen molar-refractivity contribution in [3.8, 4) is 0 Å². The second kappa shape index (κ2) is 5.08. The Morgan fingerprint density at radius 1 is 1.33 bits per heavy atom. The summed E-state index contributed by atoms with van der Waals surface area (Å²) in [4.78, 5) is 0. The Hall–Kier alpha value is -0.410. The van der Waals surface area contributed by atoms with Crippen LogP contribution in [-0.4, -0.2) is 13.1 Å². The molecule has 1 aromatic carbocycles. The van der Waals surface area contributed by atoms with Crippen LogP contribution in [0.2, 0.25) is 0 Å². The van der Waals surface area contributed by atoms with Crippen molar-refractivity contribution in [2.45, 2.75) is 19.3 Å². The standard InChI is InChI=1S/C12H15BrFN/c13-12-2-1-11(14)8-10(12)7-9-3-5-15-6-4-9/h1-2,8-9,15H,3-7H2. The lowest BCUT2D eigenvalue weighted by molar-refractivity contribution is 0.372. The molecule has 3 heteroatoms. The number of halogens is 2. The Morgan fingerprint density at radius 3 is 2.80 bits per heavy atom. The molecule has 0 radical (unpaired) electrons. The van der Waals surface area contributed by atoms with E-state index >= 15 is 0 Å². The molecule has 82 valence electrons. The molecule has 0 aliphatic carbocycles. The third kappa shape index (κ3) is 3.02. The average Bonchev–Trinajstić information content (AvgIpc) is 2.25. The highest BCUT2D eigenvalue weighted by Gasteiger charge is 2.15. The molecule has 1 aliphatic rings. The summed E-state index contributed by atoms with van der Waals surface area (Å²) >= 11 is 3.47. The van der Waals surface area contributed by atoms with Gasteiger partial charge in [0, 0.05) is 4.47 Å². The van der Waals surface area contributed by atoms with Crippen LogP contribution in [0, 0.1) is 11.7 Å². The van der Waals surface area contributed by atoms with Gasteiger partial charge in [-0.3, -0.25) is 0 Å². The first-order valence-electron chi connectivity index (χ1n) is 5.40. The van der Waals surface area contributed by atoms with Crippen molar-refractivity contribution in [3.63, 3.8) is 0 Å². The molecule has 1 aliphatic heterocycles. The van der Waals surface area contributed by atoms with E-state index in [9.17, 15) is 4.39 Å². The zero-order valence-corrected chi connectivity index (χ0v) is 10.2. The fourth-order valence-corrected chi connectivity index (χ4v) is 2.51. The summed E-state index contributed by atoms with van der Waals surface area (Å²) in [6.45, 7) is 2.19.